The number of aliphatic carboxylic acids is 1. The summed E-state index contributed by atoms with van der Waals surface area (Å²) in [6.07, 6.45) is 1.39. The van der Waals surface area contributed by atoms with Crippen LogP contribution in [0.15, 0.2) is 65.6 Å². The molecule has 3 aromatic rings. The van der Waals surface area contributed by atoms with Gasteiger partial charge in [-0.1, -0.05) is 36.8 Å². The highest BCUT2D eigenvalue weighted by molar-refractivity contribution is 7.92. The van der Waals surface area contributed by atoms with Crippen LogP contribution in [0.5, 0.6) is 5.75 Å². The molecule has 44 heavy (non-hydrogen) atoms. The van der Waals surface area contributed by atoms with Gasteiger partial charge in [-0.05, 0) is 54.7 Å². The predicted molar refractivity (Wildman–Crippen MR) is 151 cm³/mol. The van der Waals surface area contributed by atoms with Gasteiger partial charge in [0.2, 0.25) is 5.91 Å². The van der Waals surface area contributed by atoms with E-state index in [1.807, 2.05) is 0 Å². The molecule has 3 N–H and O–H groups in total. The van der Waals surface area contributed by atoms with Gasteiger partial charge in [0.15, 0.2) is 0 Å². The van der Waals surface area contributed by atoms with Gasteiger partial charge in [0.1, 0.15) is 11.6 Å². The van der Waals surface area contributed by atoms with Crippen molar-refractivity contribution in [3.63, 3.8) is 0 Å². The molecule has 0 radical (unpaired) electrons. The highest BCUT2D eigenvalue weighted by Gasteiger charge is 2.47. The zero-order valence-corrected chi connectivity index (χ0v) is 24.1. The molecule has 0 aliphatic heterocycles. The SMILES string of the molecule is COc1cc(F)c(-c2cccc(CCC(=O)O)c2)cc1C(=O)NC1CCCC1C(=O)Nc1cccc(S(=O)(=O)C(F)(F)F)c1. The molecule has 2 unspecified atom stereocenters. The molecule has 0 spiro atoms. The number of anilines is 1. The lowest BCUT2D eigenvalue weighted by molar-refractivity contribution is -0.137. The third-order valence-corrected chi connectivity index (χ3v) is 8.77. The molecule has 1 fully saturated rings. The van der Waals surface area contributed by atoms with Gasteiger partial charge in [0, 0.05) is 29.8 Å². The predicted octanol–water partition coefficient (Wildman–Crippen LogP) is 5.35. The van der Waals surface area contributed by atoms with Gasteiger partial charge in [-0.25, -0.2) is 12.8 Å². The van der Waals surface area contributed by atoms with Crippen LogP contribution in [0, 0.1) is 11.7 Å². The van der Waals surface area contributed by atoms with Crippen molar-refractivity contribution in [2.24, 2.45) is 5.92 Å². The maximum Gasteiger partial charge on any atom is 0.501 e. The Morgan fingerprint density at radius 1 is 1.02 bits per heavy atom. The molecule has 1 aliphatic rings. The maximum atomic E-state index is 15.1. The summed E-state index contributed by atoms with van der Waals surface area (Å²) in [7, 11) is -4.36. The van der Waals surface area contributed by atoms with E-state index in [0.29, 0.717) is 36.5 Å². The first-order valence-electron chi connectivity index (χ1n) is 13.4. The molecule has 14 heteroatoms. The Morgan fingerprint density at radius 3 is 2.43 bits per heavy atom. The lowest BCUT2D eigenvalue weighted by atomic mass is 9.97. The first-order valence-corrected chi connectivity index (χ1v) is 14.9. The topological polar surface area (TPSA) is 139 Å². The summed E-state index contributed by atoms with van der Waals surface area (Å²) in [5, 5.41) is 14.2. The van der Waals surface area contributed by atoms with Crippen molar-refractivity contribution in [2.45, 2.75) is 48.5 Å². The van der Waals surface area contributed by atoms with Crippen molar-refractivity contribution in [1.82, 2.24) is 5.32 Å². The van der Waals surface area contributed by atoms with Crippen LogP contribution in [0.4, 0.5) is 23.2 Å². The zero-order valence-electron chi connectivity index (χ0n) is 23.3. The first kappa shape index (κ1) is 32.5. The number of alkyl halides is 3. The summed E-state index contributed by atoms with van der Waals surface area (Å²) in [5.41, 5.74) is -4.55. The normalized spacial score (nSPS) is 16.8. The number of halogens is 4. The number of hydrogen-bond acceptors (Lipinski definition) is 6. The summed E-state index contributed by atoms with van der Waals surface area (Å²) in [6, 6.07) is 12.1. The Hall–Kier alpha value is -4.46. The summed E-state index contributed by atoms with van der Waals surface area (Å²) >= 11 is 0. The van der Waals surface area contributed by atoms with E-state index in [9.17, 15) is 36.0 Å². The molecule has 0 bridgehead atoms. The van der Waals surface area contributed by atoms with Crippen molar-refractivity contribution in [1.29, 1.82) is 0 Å². The van der Waals surface area contributed by atoms with E-state index in [2.05, 4.69) is 10.6 Å². The molecule has 2 amide bonds. The van der Waals surface area contributed by atoms with Crippen LogP contribution in [0.1, 0.15) is 41.6 Å². The number of carbonyl (C=O) groups excluding carboxylic acids is 2. The summed E-state index contributed by atoms with van der Waals surface area (Å²) in [5.74, 6) is -3.80. The number of carbonyl (C=O) groups is 3. The van der Waals surface area contributed by atoms with Crippen molar-refractivity contribution in [3.8, 4) is 16.9 Å². The first-order chi connectivity index (χ1) is 20.7. The monoisotopic (exact) mass is 636 g/mol. The van der Waals surface area contributed by atoms with E-state index in [-0.39, 0.29) is 35.4 Å². The number of carboxylic acids is 1. The number of aryl methyl sites for hydroxylation is 1. The fraction of sp³-hybridized carbons (Fsp3) is 0.300. The number of methoxy groups -OCH3 is 1. The van der Waals surface area contributed by atoms with Crippen LogP contribution in [0.25, 0.3) is 11.1 Å². The average molecular weight is 637 g/mol. The molecule has 1 aliphatic carbocycles. The molecule has 2 atom stereocenters. The van der Waals surface area contributed by atoms with Gasteiger partial charge < -0.3 is 20.5 Å². The summed E-state index contributed by atoms with van der Waals surface area (Å²) in [6.45, 7) is 0. The fourth-order valence-corrected chi connectivity index (χ4v) is 5.88. The number of carboxylic acid groups (broad SMARTS) is 1. The molecular formula is C30H28F4N2O7S. The van der Waals surface area contributed by atoms with Gasteiger partial charge in [0.05, 0.1) is 23.5 Å². The molecule has 4 rings (SSSR count). The van der Waals surface area contributed by atoms with Gasteiger partial charge in [-0.3, -0.25) is 14.4 Å². The Bertz CT molecular complexity index is 1690. The standard InChI is InChI=1S/C30H28F4N2O7S/c1-43-26-16-24(31)22(18-6-2-5-17(13-18)11-12-27(37)38)15-23(26)29(40)36-25-10-4-9-21(25)28(39)35-19-7-3-8-20(14-19)44(41,42)30(32,33)34/h2-3,5-8,13-16,21,25H,4,9-12H2,1H3,(H,35,39)(H,36,40)(H,37,38). The van der Waals surface area contributed by atoms with E-state index in [0.717, 1.165) is 18.2 Å². The minimum atomic E-state index is -5.62. The molecule has 1 saturated carbocycles. The Balaban J connectivity index is 1.53. The Kier molecular flexibility index (Phi) is 9.62. The third kappa shape index (κ3) is 7.18. The molecule has 3 aromatic carbocycles. The lowest BCUT2D eigenvalue weighted by Crippen LogP contribution is -2.42. The average Bonchev–Trinajstić information content (AvgIpc) is 3.43. The van der Waals surface area contributed by atoms with Crippen LogP contribution in [0.3, 0.4) is 0 Å². The van der Waals surface area contributed by atoms with E-state index >= 15 is 4.39 Å². The third-order valence-electron chi connectivity index (χ3n) is 7.29. The second-order valence-electron chi connectivity index (χ2n) is 10.2. The minimum absolute atomic E-state index is 0.0176. The second kappa shape index (κ2) is 13.0. The van der Waals surface area contributed by atoms with Gasteiger partial charge in [-0.15, -0.1) is 0 Å². The summed E-state index contributed by atoms with van der Waals surface area (Å²) in [4.78, 5) is 36.4. The molecular weight excluding hydrogens is 608 g/mol. The van der Waals surface area contributed by atoms with Gasteiger partial charge >= 0.3 is 11.5 Å². The fourth-order valence-electron chi connectivity index (χ4n) is 5.07. The number of amides is 2. The number of rotatable bonds is 10. The molecule has 234 valence electrons. The Labute approximate surface area is 250 Å². The van der Waals surface area contributed by atoms with Crippen molar-refractivity contribution in [3.05, 3.63) is 77.6 Å². The number of sulfone groups is 1. The highest BCUT2D eigenvalue weighted by Crippen LogP contribution is 2.34. The van der Waals surface area contributed by atoms with Crippen LogP contribution < -0.4 is 15.4 Å². The number of hydrogen-bond donors (Lipinski definition) is 3. The number of benzene rings is 3. The molecule has 0 saturated heterocycles. The lowest BCUT2D eigenvalue weighted by Gasteiger charge is -2.22. The van der Waals surface area contributed by atoms with E-state index < -0.39 is 55.8 Å². The smallest absolute Gasteiger partial charge is 0.496 e. The maximum absolute atomic E-state index is 15.1. The van der Waals surface area contributed by atoms with Crippen LogP contribution in [0.2, 0.25) is 0 Å². The van der Waals surface area contributed by atoms with E-state index in [1.165, 1.54) is 19.2 Å². The van der Waals surface area contributed by atoms with Gasteiger partial charge in [-0.2, -0.15) is 13.2 Å². The highest BCUT2D eigenvalue weighted by atomic mass is 32.2. The summed E-state index contributed by atoms with van der Waals surface area (Å²) < 4.78 is 82.8. The number of ether oxygens (including phenoxy) is 1. The van der Waals surface area contributed by atoms with Crippen LogP contribution >= 0.6 is 0 Å². The largest absolute Gasteiger partial charge is 0.501 e. The minimum Gasteiger partial charge on any atom is -0.496 e. The second-order valence-corrected chi connectivity index (χ2v) is 12.2. The Morgan fingerprint density at radius 2 is 1.75 bits per heavy atom. The van der Waals surface area contributed by atoms with E-state index in [1.54, 1.807) is 24.3 Å². The zero-order chi connectivity index (χ0) is 32.2. The number of nitrogens with one attached hydrogen (secondary N) is 2. The van der Waals surface area contributed by atoms with Gasteiger partial charge in [0.25, 0.3) is 15.7 Å². The molecule has 0 aromatic heterocycles. The van der Waals surface area contributed by atoms with Crippen molar-refractivity contribution in [2.75, 3.05) is 12.4 Å². The van der Waals surface area contributed by atoms with Crippen molar-refractivity contribution < 1.29 is 50.2 Å². The van der Waals surface area contributed by atoms with Crippen LogP contribution in [-0.4, -0.2) is 50.0 Å². The quantitative estimate of drug-likeness (QED) is 0.255. The van der Waals surface area contributed by atoms with E-state index in [4.69, 9.17) is 9.84 Å². The van der Waals surface area contributed by atoms with Crippen LogP contribution in [-0.2, 0) is 25.8 Å². The molecule has 9 nitrogen and oxygen atoms in total. The molecule has 0 heterocycles. The van der Waals surface area contributed by atoms with Crippen molar-refractivity contribution >= 4 is 33.3 Å².